The van der Waals surface area contributed by atoms with Crippen LogP contribution in [0.1, 0.15) is 63.7 Å². The fourth-order valence-electron chi connectivity index (χ4n) is 2.75. The van der Waals surface area contributed by atoms with Gasteiger partial charge in [-0.25, -0.2) is 4.68 Å². The van der Waals surface area contributed by atoms with Crippen molar-refractivity contribution in [2.45, 2.75) is 64.5 Å². The number of aliphatic hydroxyl groups is 1. The van der Waals surface area contributed by atoms with E-state index in [1.807, 2.05) is 4.68 Å². The van der Waals surface area contributed by atoms with Gasteiger partial charge in [0, 0.05) is 6.54 Å². The van der Waals surface area contributed by atoms with Crippen LogP contribution in [-0.4, -0.2) is 20.1 Å². The molecule has 17 heavy (non-hydrogen) atoms. The quantitative estimate of drug-likeness (QED) is 0.827. The third-order valence-corrected chi connectivity index (χ3v) is 3.75. The number of rotatable bonds is 6. The monoisotopic (exact) mass is 237 g/mol. The molecular formula is C13H23N3O. The molecule has 4 heteroatoms. The van der Waals surface area contributed by atoms with Crippen molar-refractivity contribution in [1.29, 1.82) is 0 Å². The van der Waals surface area contributed by atoms with Crippen LogP contribution in [0.25, 0.3) is 0 Å². The van der Waals surface area contributed by atoms with Crippen molar-refractivity contribution in [3.63, 3.8) is 0 Å². The van der Waals surface area contributed by atoms with Crippen LogP contribution in [0.3, 0.4) is 0 Å². The maximum absolute atomic E-state index is 10.2. The molecule has 0 spiro atoms. The Hall–Kier alpha value is -0.900. The number of aryl methyl sites for hydroxylation is 1. The molecule has 1 aromatic heterocycles. The summed E-state index contributed by atoms with van der Waals surface area (Å²) in [4.78, 5) is 0. The van der Waals surface area contributed by atoms with Gasteiger partial charge in [-0.3, -0.25) is 0 Å². The SMILES string of the molecule is CCCn1nncc1C(O)CCC1CCCC1. The second-order valence-corrected chi connectivity index (χ2v) is 5.13. The highest BCUT2D eigenvalue weighted by Crippen LogP contribution is 2.31. The van der Waals surface area contributed by atoms with E-state index in [9.17, 15) is 5.11 Å². The average molecular weight is 237 g/mol. The van der Waals surface area contributed by atoms with Crippen molar-refractivity contribution in [3.8, 4) is 0 Å². The van der Waals surface area contributed by atoms with E-state index in [0.717, 1.165) is 37.4 Å². The van der Waals surface area contributed by atoms with Gasteiger partial charge in [0.2, 0.25) is 0 Å². The van der Waals surface area contributed by atoms with E-state index in [1.54, 1.807) is 6.20 Å². The van der Waals surface area contributed by atoms with Crippen LogP contribution in [0.5, 0.6) is 0 Å². The molecule has 1 N–H and O–H groups in total. The summed E-state index contributed by atoms with van der Waals surface area (Å²) < 4.78 is 1.83. The minimum Gasteiger partial charge on any atom is -0.387 e. The predicted octanol–water partition coefficient (Wildman–Crippen LogP) is 2.69. The molecule has 0 saturated heterocycles. The molecule has 1 aliphatic carbocycles. The highest BCUT2D eigenvalue weighted by Gasteiger charge is 2.19. The lowest BCUT2D eigenvalue weighted by atomic mass is 9.98. The van der Waals surface area contributed by atoms with Crippen molar-refractivity contribution in [2.24, 2.45) is 5.92 Å². The van der Waals surface area contributed by atoms with Crippen LogP contribution in [0.4, 0.5) is 0 Å². The van der Waals surface area contributed by atoms with Gasteiger partial charge < -0.3 is 5.11 Å². The van der Waals surface area contributed by atoms with E-state index < -0.39 is 6.10 Å². The second-order valence-electron chi connectivity index (χ2n) is 5.13. The minimum absolute atomic E-state index is 0.392. The maximum atomic E-state index is 10.2. The molecule has 0 bridgehead atoms. The Morgan fingerprint density at radius 1 is 1.47 bits per heavy atom. The summed E-state index contributed by atoms with van der Waals surface area (Å²) in [5.74, 6) is 0.833. The first-order valence-electron chi connectivity index (χ1n) is 6.87. The van der Waals surface area contributed by atoms with Crippen LogP contribution < -0.4 is 0 Å². The Balaban J connectivity index is 1.85. The second kappa shape index (κ2) is 6.15. The molecule has 0 aliphatic heterocycles. The summed E-state index contributed by atoms with van der Waals surface area (Å²) in [6.45, 7) is 2.95. The molecule has 1 heterocycles. The lowest BCUT2D eigenvalue weighted by molar-refractivity contribution is 0.146. The van der Waals surface area contributed by atoms with Crippen molar-refractivity contribution in [3.05, 3.63) is 11.9 Å². The van der Waals surface area contributed by atoms with Crippen LogP contribution in [0, 0.1) is 5.92 Å². The van der Waals surface area contributed by atoms with E-state index >= 15 is 0 Å². The first-order chi connectivity index (χ1) is 8.31. The number of nitrogens with zero attached hydrogens (tertiary/aromatic N) is 3. The molecule has 2 rings (SSSR count). The van der Waals surface area contributed by atoms with Crippen LogP contribution >= 0.6 is 0 Å². The molecule has 1 aliphatic rings. The van der Waals surface area contributed by atoms with E-state index in [4.69, 9.17) is 0 Å². The molecule has 1 fully saturated rings. The molecule has 1 saturated carbocycles. The van der Waals surface area contributed by atoms with Gasteiger partial charge in [0.1, 0.15) is 0 Å². The zero-order valence-corrected chi connectivity index (χ0v) is 10.7. The summed E-state index contributed by atoms with van der Waals surface area (Å²) in [5, 5.41) is 18.1. The largest absolute Gasteiger partial charge is 0.387 e. The Kier molecular flexibility index (Phi) is 4.54. The molecule has 0 radical (unpaired) electrons. The average Bonchev–Trinajstić information content (AvgIpc) is 2.97. The molecule has 96 valence electrons. The normalized spacial score (nSPS) is 18.7. The Morgan fingerprint density at radius 3 is 2.94 bits per heavy atom. The van der Waals surface area contributed by atoms with Crippen molar-refractivity contribution in [1.82, 2.24) is 15.0 Å². The van der Waals surface area contributed by atoms with E-state index in [1.165, 1.54) is 25.7 Å². The molecule has 0 aromatic carbocycles. The summed E-state index contributed by atoms with van der Waals surface area (Å²) in [7, 11) is 0. The molecule has 4 nitrogen and oxygen atoms in total. The van der Waals surface area contributed by atoms with Crippen molar-refractivity contribution >= 4 is 0 Å². The number of aliphatic hydroxyl groups excluding tert-OH is 1. The van der Waals surface area contributed by atoms with Crippen LogP contribution in [-0.2, 0) is 6.54 Å². The van der Waals surface area contributed by atoms with Crippen LogP contribution in [0.15, 0.2) is 6.20 Å². The van der Waals surface area contributed by atoms with Gasteiger partial charge in [-0.2, -0.15) is 0 Å². The van der Waals surface area contributed by atoms with Gasteiger partial charge in [0.25, 0.3) is 0 Å². The van der Waals surface area contributed by atoms with Gasteiger partial charge in [-0.15, -0.1) is 5.10 Å². The summed E-state index contributed by atoms with van der Waals surface area (Å²) in [5.41, 5.74) is 0.879. The Bertz CT molecular complexity index is 331. The smallest absolute Gasteiger partial charge is 0.0973 e. The van der Waals surface area contributed by atoms with Crippen molar-refractivity contribution in [2.75, 3.05) is 0 Å². The van der Waals surface area contributed by atoms with Gasteiger partial charge in [0.05, 0.1) is 18.0 Å². The summed E-state index contributed by atoms with van der Waals surface area (Å²) in [6, 6.07) is 0. The van der Waals surface area contributed by atoms with Gasteiger partial charge in [0.15, 0.2) is 0 Å². The van der Waals surface area contributed by atoms with Gasteiger partial charge in [-0.1, -0.05) is 37.8 Å². The highest BCUT2D eigenvalue weighted by atomic mass is 16.3. The van der Waals surface area contributed by atoms with E-state index in [2.05, 4.69) is 17.2 Å². The lowest BCUT2D eigenvalue weighted by Crippen LogP contribution is -2.10. The lowest BCUT2D eigenvalue weighted by Gasteiger charge is -2.14. The van der Waals surface area contributed by atoms with Crippen molar-refractivity contribution < 1.29 is 5.11 Å². The van der Waals surface area contributed by atoms with E-state index in [-0.39, 0.29) is 0 Å². The molecule has 1 unspecified atom stereocenters. The third kappa shape index (κ3) is 3.28. The highest BCUT2D eigenvalue weighted by molar-refractivity contribution is 4.98. The summed E-state index contributed by atoms with van der Waals surface area (Å²) in [6.07, 6.45) is 9.75. The fourth-order valence-corrected chi connectivity index (χ4v) is 2.75. The zero-order chi connectivity index (χ0) is 12.1. The molecule has 1 aromatic rings. The predicted molar refractivity (Wildman–Crippen MR) is 66.5 cm³/mol. The number of hydrogen-bond donors (Lipinski definition) is 1. The topological polar surface area (TPSA) is 50.9 Å². The fraction of sp³-hybridized carbons (Fsp3) is 0.846. The number of aromatic nitrogens is 3. The van der Waals surface area contributed by atoms with E-state index in [0.29, 0.717) is 0 Å². The first-order valence-corrected chi connectivity index (χ1v) is 6.87. The maximum Gasteiger partial charge on any atom is 0.0973 e. The van der Waals surface area contributed by atoms with Gasteiger partial charge >= 0.3 is 0 Å². The van der Waals surface area contributed by atoms with Gasteiger partial charge in [-0.05, 0) is 25.2 Å². The first kappa shape index (κ1) is 12.6. The summed E-state index contributed by atoms with van der Waals surface area (Å²) >= 11 is 0. The Labute approximate surface area is 103 Å². The minimum atomic E-state index is -0.392. The molecule has 1 atom stereocenters. The zero-order valence-electron chi connectivity index (χ0n) is 10.7. The Morgan fingerprint density at radius 2 is 2.24 bits per heavy atom. The molecule has 0 amide bonds. The van der Waals surface area contributed by atoms with Crippen LogP contribution in [0.2, 0.25) is 0 Å². The molecular weight excluding hydrogens is 214 g/mol. The standard InChI is InChI=1S/C13H23N3O/c1-2-9-16-12(10-14-15-16)13(17)8-7-11-5-3-4-6-11/h10-11,13,17H,2-9H2,1H3. The number of hydrogen-bond acceptors (Lipinski definition) is 3. The third-order valence-electron chi connectivity index (χ3n) is 3.75.